The Kier molecular flexibility index (Phi) is 8.22. The third kappa shape index (κ3) is 6.10. The summed E-state index contributed by atoms with van der Waals surface area (Å²) in [5, 5.41) is 12.1. The van der Waals surface area contributed by atoms with E-state index in [1.54, 1.807) is 24.4 Å². The second-order valence-electron chi connectivity index (χ2n) is 10.8. The number of rotatable bonds is 10. The number of nitrogens with two attached hydrogens (primary N) is 2. The Morgan fingerprint density at radius 2 is 2.00 bits per heavy atom. The van der Waals surface area contributed by atoms with Crippen LogP contribution >= 0.6 is 0 Å². The van der Waals surface area contributed by atoms with Crippen molar-refractivity contribution in [2.75, 3.05) is 19.7 Å². The molecule has 1 fully saturated rings. The van der Waals surface area contributed by atoms with Crippen molar-refractivity contribution in [2.45, 2.75) is 38.6 Å². The fourth-order valence-electron chi connectivity index (χ4n) is 5.33. The Morgan fingerprint density at radius 1 is 1.16 bits per heavy atom. The molecule has 1 atom stereocenters. The zero-order chi connectivity index (χ0) is 30.8. The van der Waals surface area contributed by atoms with Crippen molar-refractivity contribution in [1.29, 1.82) is 0 Å². The predicted octanol–water partition coefficient (Wildman–Crippen LogP) is 3.56. The molecule has 0 saturated carbocycles. The number of pyridine rings is 1. The van der Waals surface area contributed by atoms with E-state index in [1.807, 2.05) is 0 Å². The summed E-state index contributed by atoms with van der Waals surface area (Å²) < 4.78 is 42.4. The van der Waals surface area contributed by atoms with Crippen molar-refractivity contribution in [3.05, 3.63) is 94.6 Å². The van der Waals surface area contributed by atoms with Gasteiger partial charge in [0.25, 0.3) is 0 Å². The largest absolute Gasteiger partial charge is 0.486 e. The van der Waals surface area contributed by atoms with Crippen LogP contribution in [0.4, 0.5) is 8.78 Å². The lowest BCUT2D eigenvalue weighted by molar-refractivity contribution is -0.0591. The summed E-state index contributed by atoms with van der Waals surface area (Å²) in [5.41, 5.74) is 14.9. The molecule has 44 heavy (non-hydrogen) atoms. The van der Waals surface area contributed by atoms with Crippen LogP contribution in [-0.2, 0) is 24.4 Å². The number of nitrogens with zero attached hydrogens (tertiary/aromatic N) is 5. The zero-order valence-corrected chi connectivity index (χ0v) is 23.7. The monoisotopic (exact) mass is 603 g/mol. The van der Waals surface area contributed by atoms with Crippen molar-refractivity contribution in [3.8, 4) is 5.75 Å². The molecular formula is C31H31F2N7O4. The first-order valence-corrected chi connectivity index (χ1v) is 14.2. The minimum atomic E-state index is -0.734. The van der Waals surface area contributed by atoms with Crippen LogP contribution in [0.15, 0.2) is 59.9 Å². The highest BCUT2D eigenvalue weighted by atomic mass is 19.1. The van der Waals surface area contributed by atoms with Crippen molar-refractivity contribution in [2.24, 2.45) is 16.6 Å². The summed E-state index contributed by atoms with van der Waals surface area (Å²) in [5.74, 6) is -1.15. The van der Waals surface area contributed by atoms with Gasteiger partial charge in [0.1, 0.15) is 23.9 Å². The standard InChI is InChI=1S/C31H31F2N7O4/c32-23-4-3-19(12-28(23)44-17-21-2-1-20(31(35)41)11-24(21)33)18-5-8-39(9-6-18)16-29-37-25-13-26(30(34)38-42)36-14-27(25)40(29)15-22-7-10-43-22/h1-5,11-14,22,42H,6-10,15-17H2,(H2,34,38)(H2,35,41). The Bertz CT molecular complexity index is 1780. The molecule has 1 amide bonds. The molecule has 2 aromatic carbocycles. The van der Waals surface area contributed by atoms with Crippen molar-refractivity contribution >= 4 is 28.3 Å². The van der Waals surface area contributed by atoms with Crippen LogP contribution in [0.5, 0.6) is 5.75 Å². The number of primary amides is 1. The van der Waals surface area contributed by atoms with Crippen molar-refractivity contribution in [1.82, 2.24) is 19.4 Å². The molecule has 6 rings (SSSR count). The number of ether oxygens (including phenoxy) is 2. The van der Waals surface area contributed by atoms with Crippen LogP contribution in [0.3, 0.4) is 0 Å². The molecule has 5 N–H and O–H groups in total. The van der Waals surface area contributed by atoms with Crippen LogP contribution < -0.4 is 16.2 Å². The molecule has 0 radical (unpaired) electrons. The van der Waals surface area contributed by atoms with E-state index in [-0.39, 0.29) is 35.4 Å². The summed E-state index contributed by atoms with van der Waals surface area (Å²) in [4.78, 5) is 22.7. The van der Waals surface area contributed by atoms with Crippen LogP contribution in [0, 0.1) is 11.6 Å². The number of carbonyl (C=O) groups is 1. The third-order valence-corrected chi connectivity index (χ3v) is 7.94. The van der Waals surface area contributed by atoms with Gasteiger partial charge in [0, 0.05) is 30.8 Å². The first-order chi connectivity index (χ1) is 21.3. The maximum absolute atomic E-state index is 14.6. The van der Waals surface area contributed by atoms with Gasteiger partial charge in [0.15, 0.2) is 17.4 Å². The highest BCUT2D eigenvalue weighted by Crippen LogP contribution is 2.29. The van der Waals surface area contributed by atoms with Gasteiger partial charge in [-0.15, -0.1) is 0 Å². The van der Waals surface area contributed by atoms with Crippen molar-refractivity contribution < 1.29 is 28.3 Å². The predicted molar refractivity (Wildman–Crippen MR) is 158 cm³/mol. The number of benzene rings is 2. The third-order valence-electron chi connectivity index (χ3n) is 7.94. The fraction of sp³-hybridized carbons (Fsp3) is 0.290. The Labute approximate surface area is 251 Å². The van der Waals surface area contributed by atoms with Crippen LogP contribution in [0.2, 0.25) is 0 Å². The summed E-state index contributed by atoms with van der Waals surface area (Å²) in [7, 11) is 0. The van der Waals surface area contributed by atoms with E-state index in [1.165, 1.54) is 18.2 Å². The lowest BCUT2D eigenvalue weighted by Gasteiger charge is -2.29. The molecule has 2 aliphatic rings. The van der Waals surface area contributed by atoms with E-state index in [0.29, 0.717) is 30.8 Å². The number of aromatic nitrogens is 3. The Balaban J connectivity index is 1.16. The minimum Gasteiger partial charge on any atom is -0.486 e. The second-order valence-corrected chi connectivity index (χ2v) is 10.8. The molecular weight excluding hydrogens is 572 g/mol. The average molecular weight is 604 g/mol. The van der Waals surface area contributed by atoms with E-state index >= 15 is 0 Å². The second kappa shape index (κ2) is 12.4. The first kappa shape index (κ1) is 29.2. The number of imidazole rings is 1. The number of hydrogen-bond donors (Lipinski definition) is 3. The van der Waals surface area contributed by atoms with Gasteiger partial charge in [-0.3, -0.25) is 14.7 Å². The summed E-state index contributed by atoms with van der Waals surface area (Å²) in [6.45, 7) is 3.17. The molecule has 13 heteroatoms. The van der Waals surface area contributed by atoms with Crippen LogP contribution in [0.25, 0.3) is 16.6 Å². The topological polar surface area (TPSA) is 154 Å². The molecule has 1 unspecified atom stereocenters. The summed E-state index contributed by atoms with van der Waals surface area (Å²) in [6, 6.07) is 10.2. The van der Waals surface area contributed by atoms with E-state index < -0.39 is 17.5 Å². The SMILES string of the molecule is NC(=O)c1ccc(COc2cc(C3=CCN(Cc4nc5cc(C(N)=NO)ncc5n4CC4CCO4)CC3)ccc2F)c(F)c1. The maximum Gasteiger partial charge on any atom is 0.248 e. The van der Waals surface area contributed by atoms with Crippen LogP contribution in [0.1, 0.15) is 45.8 Å². The van der Waals surface area contributed by atoms with E-state index in [9.17, 15) is 13.6 Å². The van der Waals surface area contributed by atoms with Gasteiger partial charge >= 0.3 is 0 Å². The van der Waals surface area contributed by atoms with Crippen LogP contribution in [-0.4, -0.2) is 62.2 Å². The van der Waals surface area contributed by atoms with E-state index in [0.717, 1.165) is 54.5 Å². The lowest BCUT2D eigenvalue weighted by atomic mass is 9.99. The highest BCUT2D eigenvalue weighted by molar-refractivity contribution is 5.97. The zero-order valence-electron chi connectivity index (χ0n) is 23.7. The quantitative estimate of drug-likeness (QED) is 0.108. The van der Waals surface area contributed by atoms with Gasteiger partial charge in [-0.1, -0.05) is 23.4 Å². The molecule has 2 aliphatic heterocycles. The first-order valence-electron chi connectivity index (χ1n) is 14.2. The normalized spacial score (nSPS) is 17.4. The molecule has 228 valence electrons. The summed E-state index contributed by atoms with van der Waals surface area (Å²) >= 11 is 0. The molecule has 11 nitrogen and oxygen atoms in total. The molecule has 0 aliphatic carbocycles. The molecule has 2 aromatic heterocycles. The molecule has 4 aromatic rings. The molecule has 0 bridgehead atoms. The number of fused-ring (bicyclic) bond motifs is 1. The smallest absolute Gasteiger partial charge is 0.248 e. The number of oxime groups is 1. The van der Waals surface area contributed by atoms with Gasteiger partial charge < -0.3 is 30.7 Å². The van der Waals surface area contributed by atoms with E-state index in [2.05, 4.69) is 25.7 Å². The van der Waals surface area contributed by atoms with Gasteiger partial charge in [-0.25, -0.2) is 13.8 Å². The Morgan fingerprint density at radius 3 is 2.68 bits per heavy atom. The molecule has 1 saturated heterocycles. The fourth-order valence-corrected chi connectivity index (χ4v) is 5.33. The average Bonchev–Trinajstić information content (AvgIpc) is 3.34. The Hall–Kier alpha value is -4.88. The number of halogens is 2. The van der Waals surface area contributed by atoms with E-state index in [4.69, 9.17) is 31.1 Å². The summed E-state index contributed by atoms with van der Waals surface area (Å²) in [6.07, 6.45) is 5.59. The lowest BCUT2D eigenvalue weighted by Crippen LogP contribution is -2.33. The molecule has 0 spiro atoms. The number of hydrogen-bond acceptors (Lipinski definition) is 8. The van der Waals surface area contributed by atoms with Crippen molar-refractivity contribution in [3.63, 3.8) is 0 Å². The van der Waals surface area contributed by atoms with Gasteiger partial charge in [-0.2, -0.15) is 0 Å². The van der Waals surface area contributed by atoms with Gasteiger partial charge in [0.2, 0.25) is 5.91 Å². The number of amides is 1. The maximum atomic E-state index is 14.6. The number of amidine groups is 1. The minimum absolute atomic E-state index is 0.0102. The highest BCUT2D eigenvalue weighted by Gasteiger charge is 2.24. The number of carbonyl (C=O) groups excluding carboxylic acids is 1. The van der Waals surface area contributed by atoms with Gasteiger partial charge in [-0.05, 0) is 54.3 Å². The van der Waals surface area contributed by atoms with Gasteiger partial charge in [0.05, 0.1) is 36.4 Å². The molecule has 4 heterocycles.